The highest BCUT2D eigenvalue weighted by molar-refractivity contribution is 5.97. The third-order valence-electron chi connectivity index (χ3n) is 8.81. The number of Topliss-reactive ketones (excluding diaryl/α,β-unsaturated/α-hetero) is 2. The monoisotopic (exact) mass is 631 g/mol. The lowest BCUT2D eigenvalue weighted by atomic mass is 9.92. The number of carbonyl (C=O) groups is 3. The van der Waals surface area contributed by atoms with E-state index in [4.69, 9.17) is 14.2 Å². The van der Waals surface area contributed by atoms with Gasteiger partial charge in [-0.15, -0.1) is 0 Å². The van der Waals surface area contributed by atoms with Crippen LogP contribution in [0.25, 0.3) is 0 Å². The molecule has 8 atom stereocenters. The minimum atomic E-state index is -0.974. The molecule has 4 N–H and O–H groups in total. The summed E-state index contributed by atoms with van der Waals surface area (Å²) in [4.78, 5) is 38.9. The molecule has 3 aliphatic rings. The zero-order valence-corrected chi connectivity index (χ0v) is 27.3. The number of methoxy groups -OCH3 is 1. The number of fused-ring (bicyclic) bond motifs is 1. The number of aliphatic hydroxyl groups excluding tert-OH is 3. The van der Waals surface area contributed by atoms with Crippen LogP contribution in [0.15, 0.2) is 47.3 Å². The largest absolute Gasteiger partial charge is 0.509 e. The summed E-state index contributed by atoms with van der Waals surface area (Å²) in [5, 5.41) is 35.2. The van der Waals surface area contributed by atoms with Crippen LogP contribution in [0.4, 0.5) is 0 Å². The molecular formula is C35H53NO9. The molecule has 0 aromatic heterocycles. The lowest BCUT2D eigenvalue weighted by Crippen LogP contribution is -2.49. The first-order valence-electron chi connectivity index (χ1n) is 16.5. The molecule has 1 saturated heterocycles. The summed E-state index contributed by atoms with van der Waals surface area (Å²) in [5.41, 5.74) is 1.00. The topological polar surface area (TPSA) is 152 Å². The number of hydrogen-bond donors (Lipinski definition) is 4. The number of hydrogen-bond acceptors (Lipinski definition) is 9. The van der Waals surface area contributed by atoms with Gasteiger partial charge in [-0.25, -0.2) is 0 Å². The van der Waals surface area contributed by atoms with Crippen molar-refractivity contribution >= 4 is 17.5 Å². The molecule has 0 saturated carbocycles. The molecule has 2 heterocycles. The van der Waals surface area contributed by atoms with Gasteiger partial charge in [0.25, 0.3) is 0 Å². The Morgan fingerprint density at radius 3 is 2.53 bits per heavy atom. The van der Waals surface area contributed by atoms with E-state index in [1.807, 2.05) is 19.1 Å². The van der Waals surface area contributed by atoms with Gasteiger partial charge in [-0.2, -0.15) is 0 Å². The Morgan fingerprint density at radius 2 is 1.80 bits per heavy atom. The fourth-order valence-corrected chi connectivity index (χ4v) is 6.31. The second-order valence-corrected chi connectivity index (χ2v) is 12.6. The molecular weight excluding hydrogens is 578 g/mol. The molecule has 0 spiro atoms. The van der Waals surface area contributed by atoms with Gasteiger partial charge in [0.1, 0.15) is 23.8 Å². The van der Waals surface area contributed by atoms with Crippen LogP contribution in [-0.2, 0) is 28.6 Å². The van der Waals surface area contributed by atoms with Crippen molar-refractivity contribution in [1.82, 2.24) is 5.32 Å². The zero-order chi connectivity index (χ0) is 32.9. The van der Waals surface area contributed by atoms with Crippen molar-refractivity contribution in [2.24, 2.45) is 5.92 Å². The van der Waals surface area contributed by atoms with Crippen molar-refractivity contribution in [2.45, 2.75) is 141 Å². The minimum Gasteiger partial charge on any atom is -0.509 e. The highest BCUT2D eigenvalue weighted by atomic mass is 16.7. The number of ketones is 2. The average Bonchev–Trinajstić information content (AvgIpc) is 3.28. The smallest absolute Gasteiger partial charge is 0.244 e. The van der Waals surface area contributed by atoms with Crippen LogP contribution in [0.5, 0.6) is 0 Å². The van der Waals surface area contributed by atoms with Gasteiger partial charge < -0.3 is 34.8 Å². The van der Waals surface area contributed by atoms with Gasteiger partial charge in [0, 0.05) is 56.4 Å². The van der Waals surface area contributed by atoms with Gasteiger partial charge in [-0.05, 0) is 39.5 Å². The second kappa shape index (κ2) is 18.5. The maximum absolute atomic E-state index is 13.5. The van der Waals surface area contributed by atoms with Crippen LogP contribution in [0.1, 0.15) is 97.8 Å². The van der Waals surface area contributed by atoms with Crippen molar-refractivity contribution in [3.05, 3.63) is 47.3 Å². The van der Waals surface area contributed by atoms with E-state index in [2.05, 4.69) is 12.2 Å². The van der Waals surface area contributed by atoms with Crippen molar-refractivity contribution in [3.63, 3.8) is 0 Å². The van der Waals surface area contributed by atoms with Gasteiger partial charge in [0.15, 0.2) is 12.1 Å². The minimum absolute atomic E-state index is 0.00890. The first kappa shape index (κ1) is 36.8. The third kappa shape index (κ3) is 11.6. The van der Waals surface area contributed by atoms with Crippen molar-refractivity contribution in [1.29, 1.82) is 0 Å². The fraction of sp³-hybridized carbons (Fsp3) is 0.686. The van der Waals surface area contributed by atoms with Crippen LogP contribution < -0.4 is 5.32 Å². The number of rotatable bonds is 8. The number of ether oxygens (including phenoxy) is 3. The van der Waals surface area contributed by atoms with E-state index in [0.717, 1.165) is 37.7 Å². The lowest BCUT2D eigenvalue weighted by molar-refractivity contribution is -0.261. The highest BCUT2D eigenvalue weighted by Crippen LogP contribution is 2.38. The molecule has 0 aromatic carbocycles. The van der Waals surface area contributed by atoms with E-state index in [9.17, 15) is 29.7 Å². The Bertz CT molecular complexity index is 1130. The SMILES string of the molecule is CCCCCCC1CC(=O)CCCC(O)CC(=O)C2=C(O)C(O[C@H]3C[C@H](OC)[C@H](O)[C@@H](C)O3)CC2\C=C(C)/C=C/C=C/C(=O)N1. The van der Waals surface area contributed by atoms with Crippen molar-refractivity contribution in [2.75, 3.05) is 7.11 Å². The Labute approximate surface area is 267 Å². The predicted octanol–water partition coefficient (Wildman–Crippen LogP) is 4.69. The molecule has 0 aromatic rings. The van der Waals surface area contributed by atoms with Gasteiger partial charge in [-0.3, -0.25) is 14.4 Å². The zero-order valence-electron chi connectivity index (χ0n) is 27.3. The molecule has 1 fully saturated rings. The maximum Gasteiger partial charge on any atom is 0.244 e. The van der Waals surface area contributed by atoms with Gasteiger partial charge >= 0.3 is 0 Å². The van der Waals surface area contributed by atoms with Gasteiger partial charge in [0.05, 0.1) is 18.3 Å². The summed E-state index contributed by atoms with van der Waals surface area (Å²) in [6.45, 7) is 5.72. The number of unbranched alkanes of at least 4 members (excludes halogenated alkanes) is 3. The molecule has 1 amide bonds. The quantitative estimate of drug-likeness (QED) is 0.280. The molecule has 252 valence electrons. The van der Waals surface area contributed by atoms with Gasteiger partial charge in [0.2, 0.25) is 5.91 Å². The highest BCUT2D eigenvalue weighted by Gasteiger charge is 2.42. The van der Waals surface area contributed by atoms with Crippen LogP contribution in [0.3, 0.4) is 0 Å². The molecule has 3 rings (SSSR count). The van der Waals surface area contributed by atoms with E-state index >= 15 is 0 Å². The van der Waals surface area contributed by atoms with E-state index < -0.39 is 42.7 Å². The normalized spacial score (nSPS) is 35.4. The number of carbonyl (C=O) groups excluding carboxylic acids is 3. The van der Waals surface area contributed by atoms with Crippen LogP contribution >= 0.6 is 0 Å². The summed E-state index contributed by atoms with van der Waals surface area (Å²) in [6, 6.07) is -0.247. The standard InChI is InChI=1S/C35H53NO9/c1-5-6-7-8-13-25-19-26(37)14-11-15-27(38)20-28(39)33-24(17-22(2)12-9-10-16-31(40)36-25)18-30(35(33)42)45-32-21-29(43-4)34(41)23(3)44-32/h9-10,12,16-17,23-25,27,29-30,32,34,38,41-42H,5-8,11,13-15,18-21H2,1-4H3,(H,36,40)/b12-9+,16-10+,22-17-/t23-,24?,25?,27?,29+,30?,32+,34-/m1/s1. The summed E-state index contributed by atoms with van der Waals surface area (Å²) in [6.07, 6.45) is 10.5. The summed E-state index contributed by atoms with van der Waals surface area (Å²) >= 11 is 0. The van der Waals surface area contributed by atoms with Crippen molar-refractivity contribution in [3.8, 4) is 0 Å². The van der Waals surface area contributed by atoms with Crippen molar-refractivity contribution < 1.29 is 43.9 Å². The van der Waals surface area contributed by atoms with Crippen LogP contribution in [0, 0.1) is 5.92 Å². The summed E-state index contributed by atoms with van der Waals surface area (Å²) < 4.78 is 17.3. The molecule has 1 aliphatic carbocycles. The number of nitrogens with one attached hydrogen (secondary N) is 1. The van der Waals surface area contributed by atoms with Crippen LogP contribution in [0.2, 0.25) is 0 Å². The van der Waals surface area contributed by atoms with E-state index in [1.54, 1.807) is 19.1 Å². The second-order valence-electron chi connectivity index (χ2n) is 12.6. The Hall–Kier alpha value is -2.63. The molecule has 0 bridgehead atoms. The van der Waals surface area contributed by atoms with E-state index in [-0.39, 0.29) is 73.4 Å². The lowest BCUT2D eigenvalue weighted by Gasteiger charge is -2.37. The first-order chi connectivity index (χ1) is 21.5. The first-order valence-corrected chi connectivity index (χ1v) is 16.5. The third-order valence-corrected chi connectivity index (χ3v) is 8.81. The molecule has 45 heavy (non-hydrogen) atoms. The number of amides is 1. The predicted molar refractivity (Wildman–Crippen MR) is 170 cm³/mol. The Balaban J connectivity index is 1.79. The number of allylic oxidation sites excluding steroid dienone is 6. The summed E-state index contributed by atoms with van der Waals surface area (Å²) in [7, 11) is 1.50. The van der Waals surface area contributed by atoms with Gasteiger partial charge in [-0.1, -0.05) is 62.5 Å². The Kier molecular flexibility index (Phi) is 15.1. The average molecular weight is 632 g/mol. The fourth-order valence-electron chi connectivity index (χ4n) is 6.31. The van der Waals surface area contributed by atoms with E-state index in [0.29, 0.717) is 6.42 Å². The Morgan fingerprint density at radius 1 is 1.04 bits per heavy atom. The number of aliphatic hydroxyl groups is 3. The van der Waals surface area contributed by atoms with E-state index in [1.165, 1.54) is 13.2 Å². The molecule has 2 aliphatic heterocycles. The molecule has 4 unspecified atom stereocenters. The molecule has 10 nitrogen and oxygen atoms in total. The summed E-state index contributed by atoms with van der Waals surface area (Å²) in [5.74, 6) is -1.30. The van der Waals surface area contributed by atoms with Crippen LogP contribution in [-0.4, -0.2) is 82.8 Å². The molecule has 0 radical (unpaired) electrons. The maximum atomic E-state index is 13.5. The molecule has 10 heteroatoms.